The van der Waals surface area contributed by atoms with Crippen molar-refractivity contribution in [1.82, 2.24) is 5.32 Å². The number of benzene rings is 2. The Balaban J connectivity index is 2.00. The van der Waals surface area contributed by atoms with Gasteiger partial charge in [-0.3, -0.25) is 4.79 Å². The summed E-state index contributed by atoms with van der Waals surface area (Å²) >= 11 is 9.34. The van der Waals surface area contributed by atoms with Crippen LogP contribution in [0, 0.1) is 0 Å². The lowest BCUT2D eigenvalue weighted by Crippen LogP contribution is -2.34. The van der Waals surface area contributed by atoms with Crippen LogP contribution in [0.2, 0.25) is 5.02 Å². The Kier molecular flexibility index (Phi) is 5.21. The first-order valence-electron chi connectivity index (χ1n) is 6.36. The summed E-state index contributed by atoms with van der Waals surface area (Å²) in [4.78, 5) is 12.2. The third-order valence-corrected chi connectivity index (χ3v) is 3.85. The first-order chi connectivity index (χ1) is 9.56. The standard InChI is InChI=1S/C16H15BrClNO/c1-11(9-12-5-4-6-13(18)10-12)19-16(20)14-7-2-3-8-15(14)17/h2-8,10-11H,9H2,1H3,(H,19,20). The van der Waals surface area contributed by atoms with Crippen molar-refractivity contribution in [3.63, 3.8) is 0 Å². The van der Waals surface area contributed by atoms with Gasteiger partial charge in [-0.15, -0.1) is 0 Å². The molecule has 20 heavy (non-hydrogen) atoms. The van der Waals surface area contributed by atoms with E-state index in [1.807, 2.05) is 49.4 Å². The summed E-state index contributed by atoms with van der Waals surface area (Å²) in [7, 11) is 0. The largest absolute Gasteiger partial charge is 0.349 e. The molecule has 0 aliphatic heterocycles. The minimum atomic E-state index is -0.0768. The lowest BCUT2D eigenvalue weighted by Gasteiger charge is -2.15. The number of amides is 1. The van der Waals surface area contributed by atoms with Gasteiger partial charge in [-0.05, 0) is 59.1 Å². The third kappa shape index (κ3) is 4.09. The van der Waals surface area contributed by atoms with E-state index in [4.69, 9.17) is 11.6 Å². The highest BCUT2D eigenvalue weighted by Crippen LogP contribution is 2.16. The van der Waals surface area contributed by atoms with E-state index in [1.54, 1.807) is 6.07 Å². The predicted octanol–water partition coefficient (Wildman–Crippen LogP) is 4.46. The summed E-state index contributed by atoms with van der Waals surface area (Å²) < 4.78 is 0.799. The zero-order chi connectivity index (χ0) is 14.5. The van der Waals surface area contributed by atoms with Gasteiger partial charge in [-0.25, -0.2) is 0 Å². The predicted molar refractivity (Wildman–Crippen MR) is 86.2 cm³/mol. The fourth-order valence-electron chi connectivity index (χ4n) is 2.02. The number of carbonyl (C=O) groups is 1. The molecule has 1 N–H and O–H groups in total. The Bertz CT molecular complexity index is 615. The third-order valence-electron chi connectivity index (χ3n) is 2.93. The van der Waals surface area contributed by atoms with E-state index in [-0.39, 0.29) is 11.9 Å². The monoisotopic (exact) mass is 351 g/mol. The number of hydrogen-bond acceptors (Lipinski definition) is 1. The maximum absolute atomic E-state index is 12.2. The van der Waals surface area contributed by atoms with Crippen molar-refractivity contribution in [3.05, 3.63) is 69.2 Å². The van der Waals surface area contributed by atoms with Gasteiger partial charge in [0, 0.05) is 15.5 Å². The van der Waals surface area contributed by atoms with Crippen molar-refractivity contribution in [2.24, 2.45) is 0 Å². The Morgan fingerprint density at radius 1 is 1.25 bits per heavy atom. The van der Waals surface area contributed by atoms with Gasteiger partial charge in [0.25, 0.3) is 5.91 Å². The van der Waals surface area contributed by atoms with Crippen LogP contribution in [0.3, 0.4) is 0 Å². The molecular weight excluding hydrogens is 338 g/mol. The van der Waals surface area contributed by atoms with E-state index in [9.17, 15) is 4.79 Å². The van der Waals surface area contributed by atoms with Crippen molar-refractivity contribution < 1.29 is 4.79 Å². The number of nitrogens with one attached hydrogen (secondary N) is 1. The van der Waals surface area contributed by atoms with Crippen LogP contribution in [-0.2, 0) is 6.42 Å². The Morgan fingerprint density at radius 3 is 2.70 bits per heavy atom. The normalized spacial score (nSPS) is 11.9. The quantitative estimate of drug-likeness (QED) is 0.864. The van der Waals surface area contributed by atoms with Crippen molar-refractivity contribution in [2.75, 3.05) is 0 Å². The molecule has 4 heteroatoms. The second-order valence-electron chi connectivity index (χ2n) is 4.69. The summed E-state index contributed by atoms with van der Waals surface area (Å²) in [6.07, 6.45) is 0.747. The van der Waals surface area contributed by atoms with Gasteiger partial charge in [0.05, 0.1) is 5.56 Å². The van der Waals surface area contributed by atoms with Gasteiger partial charge < -0.3 is 5.32 Å². The second-order valence-corrected chi connectivity index (χ2v) is 5.98. The van der Waals surface area contributed by atoms with Crippen LogP contribution < -0.4 is 5.32 Å². The molecule has 1 unspecified atom stereocenters. The van der Waals surface area contributed by atoms with Crippen LogP contribution >= 0.6 is 27.5 Å². The summed E-state index contributed by atoms with van der Waals surface area (Å²) in [5.41, 5.74) is 1.75. The molecule has 1 amide bonds. The molecule has 0 bridgehead atoms. The molecule has 0 aromatic heterocycles. The molecule has 1 atom stereocenters. The summed E-state index contributed by atoms with van der Waals surface area (Å²) in [6.45, 7) is 1.98. The van der Waals surface area contributed by atoms with Crippen LogP contribution in [0.1, 0.15) is 22.8 Å². The summed E-state index contributed by atoms with van der Waals surface area (Å²) in [5, 5.41) is 3.71. The van der Waals surface area contributed by atoms with Crippen LogP contribution in [0.15, 0.2) is 53.0 Å². The van der Waals surface area contributed by atoms with Gasteiger partial charge in [0.1, 0.15) is 0 Å². The van der Waals surface area contributed by atoms with Gasteiger partial charge in [-0.1, -0.05) is 35.9 Å². The summed E-state index contributed by atoms with van der Waals surface area (Å²) in [5.74, 6) is -0.0768. The zero-order valence-electron chi connectivity index (χ0n) is 11.1. The topological polar surface area (TPSA) is 29.1 Å². The van der Waals surface area contributed by atoms with Gasteiger partial charge in [0.2, 0.25) is 0 Å². The molecule has 0 spiro atoms. The molecule has 104 valence electrons. The van der Waals surface area contributed by atoms with Gasteiger partial charge >= 0.3 is 0 Å². The maximum atomic E-state index is 12.2. The van der Waals surface area contributed by atoms with Crippen LogP contribution in [0.25, 0.3) is 0 Å². The van der Waals surface area contributed by atoms with E-state index in [2.05, 4.69) is 21.2 Å². The van der Waals surface area contributed by atoms with Crippen LogP contribution in [-0.4, -0.2) is 11.9 Å². The van der Waals surface area contributed by atoms with Crippen LogP contribution in [0.5, 0.6) is 0 Å². The van der Waals surface area contributed by atoms with Crippen molar-refractivity contribution in [2.45, 2.75) is 19.4 Å². The molecule has 0 heterocycles. The van der Waals surface area contributed by atoms with E-state index in [0.29, 0.717) is 10.6 Å². The average molecular weight is 353 g/mol. The molecule has 0 aliphatic carbocycles. The zero-order valence-corrected chi connectivity index (χ0v) is 13.4. The molecule has 0 aliphatic rings. The lowest BCUT2D eigenvalue weighted by molar-refractivity contribution is 0.0939. The van der Waals surface area contributed by atoms with Crippen molar-refractivity contribution >= 4 is 33.4 Å². The molecule has 2 aromatic carbocycles. The molecule has 0 saturated carbocycles. The van der Waals surface area contributed by atoms with E-state index < -0.39 is 0 Å². The Morgan fingerprint density at radius 2 is 2.00 bits per heavy atom. The SMILES string of the molecule is CC(Cc1cccc(Cl)c1)NC(=O)c1ccccc1Br. The molecule has 2 rings (SSSR count). The first kappa shape index (κ1) is 15.1. The molecule has 0 radical (unpaired) electrons. The highest BCUT2D eigenvalue weighted by molar-refractivity contribution is 9.10. The van der Waals surface area contributed by atoms with E-state index in [1.165, 1.54) is 0 Å². The molecule has 2 nitrogen and oxygen atoms in total. The Hall–Kier alpha value is -1.32. The smallest absolute Gasteiger partial charge is 0.252 e. The highest BCUT2D eigenvalue weighted by atomic mass is 79.9. The number of halogens is 2. The lowest BCUT2D eigenvalue weighted by atomic mass is 10.1. The van der Waals surface area contributed by atoms with E-state index >= 15 is 0 Å². The average Bonchev–Trinajstić information content (AvgIpc) is 2.38. The fourth-order valence-corrected chi connectivity index (χ4v) is 2.69. The minimum Gasteiger partial charge on any atom is -0.349 e. The molecule has 2 aromatic rings. The van der Waals surface area contributed by atoms with Gasteiger partial charge in [0.15, 0.2) is 0 Å². The number of rotatable bonds is 4. The number of carbonyl (C=O) groups excluding carboxylic acids is 1. The summed E-state index contributed by atoms with van der Waals surface area (Å²) in [6, 6.07) is 15.1. The van der Waals surface area contributed by atoms with E-state index in [0.717, 1.165) is 16.5 Å². The maximum Gasteiger partial charge on any atom is 0.252 e. The molecule has 0 fully saturated rings. The first-order valence-corrected chi connectivity index (χ1v) is 7.53. The number of hydrogen-bond donors (Lipinski definition) is 1. The van der Waals surface area contributed by atoms with Crippen molar-refractivity contribution in [1.29, 1.82) is 0 Å². The van der Waals surface area contributed by atoms with Crippen molar-refractivity contribution in [3.8, 4) is 0 Å². The minimum absolute atomic E-state index is 0.0353. The second kappa shape index (κ2) is 6.91. The van der Waals surface area contributed by atoms with Gasteiger partial charge in [-0.2, -0.15) is 0 Å². The highest BCUT2D eigenvalue weighted by Gasteiger charge is 2.12. The molecule has 0 saturated heterocycles. The fraction of sp³-hybridized carbons (Fsp3) is 0.188. The Labute approximate surface area is 132 Å². The molecular formula is C16H15BrClNO. The van der Waals surface area contributed by atoms with Crippen LogP contribution in [0.4, 0.5) is 0 Å².